The summed E-state index contributed by atoms with van der Waals surface area (Å²) in [6, 6.07) is 11.7. The van der Waals surface area contributed by atoms with E-state index in [1.807, 2.05) is 34.7 Å². The third kappa shape index (κ3) is 3.00. The fourth-order valence-corrected chi connectivity index (χ4v) is 3.25. The van der Waals surface area contributed by atoms with Gasteiger partial charge in [0.2, 0.25) is 0 Å². The Labute approximate surface area is 145 Å². The second-order valence-corrected chi connectivity index (χ2v) is 6.08. The molecule has 3 aromatic rings. The van der Waals surface area contributed by atoms with Gasteiger partial charge in [0.25, 0.3) is 5.91 Å². The lowest BCUT2D eigenvalue weighted by Crippen LogP contribution is -2.43. The molecule has 126 valence electrons. The molecule has 1 amide bonds. The third-order valence-corrected chi connectivity index (χ3v) is 4.40. The lowest BCUT2D eigenvalue weighted by molar-refractivity contribution is 0.0607. The van der Waals surface area contributed by atoms with Crippen molar-refractivity contribution in [3.63, 3.8) is 0 Å². The lowest BCUT2D eigenvalue weighted by Gasteiger charge is -2.35. The molecule has 0 unspecified atom stereocenters. The van der Waals surface area contributed by atoms with E-state index in [0.29, 0.717) is 25.1 Å². The zero-order valence-electron chi connectivity index (χ0n) is 13.9. The highest BCUT2D eigenvalue weighted by Crippen LogP contribution is 2.29. The van der Waals surface area contributed by atoms with Gasteiger partial charge in [-0.2, -0.15) is 15.3 Å². The molecular weight excluding hydrogens is 316 g/mol. The van der Waals surface area contributed by atoms with Crippen molar-refractivity contribution in [2.24, 2.45) is 0 Å². The predicted octanol–water partition coefficient (Wildman–Crippen LogP) is 1.82. The Hall–Kier alpha value is -3.09. The molecule has 4 rings (SSSR count). The molecular formula is C18H18N6O. The van der Waals surface area contributed by atoms with E-state index in [-0.39, 0.29) is 11.9 Å². The van der Waals surface area contributed by atoms with Gasteiger partial charge < -0.3 is 4.90 Å². The van der Waals surface area contributed by atoms with Gasteiger partial charge in [-0.05, 0) is 18.6 Å². The zero-order chi connectivity index (χ0) is 17.2. The number of hydrogen-bond donors (Lipinski definition) is 0. The number of carbonyl (C=O) groups is 1. The SMILES string of the molecule is Cc1nc2n(n1)CCN(C(=O)c1ccnnc1)[C@H]2Cc1ccccc1. The van der Waals surface area contributed by atoms with Crippen LogP contribution in [0.1, 0.15) is 33.6 Å². The summed E-state index contributed by atoms with van der Waals surface area (Å²) >= 11 is 0. The van der Waals surface area contributed by atoms with Crippen molar-refractivity contribution in [1.82, 2.24) is 29.9 Å². The van der Waals surface area contributed by atoms with Gasteiger partial charge in [0, 0.05) is 13.0 Å². The van der Waals surface area contributed by atoms with Crippen LogP contribution in [0.25, 0.3) is 0 Å². The van der Waals surface area contributed by atoms with Crippen LogP contribution >= 0.6 is 0 Å². The van der Waals surface area contributed by atoms with Crippen LogP contribution in [0.3, 0.4) is 0 Å². The number of hydrogen-bond acceptors (Lipinski definition) is 5. The summed E-state index contributed by atoms with van der Waals surface area (Å²) in [7, 11) is 0. The Balaban J connectivity index is 1.71. The molecule has 1 aliphatic rings. The normalized spacial score (nSPS) is 16.5. The molecule has 0 spiro atoms. The average molecular weight is 334 g/mol. The first-order valence-corrected chi connectivity index (χ1v) is 8.25. The Kier molecular flexibility index (Phi) is 3.97. The largest absolute Gasteiger partial charge is 0.326 e. The van der Waals surface area contributed by atoms with Crippen LogP contribution in [0.4, 0.5) is 0 Å². The van der Waals surface area contributed by atoms with Gasteiger partial charge >= 0.3 is 0 Å². The van der Waals surface area contributed by atoms with Crippen molar-refractivity contribution in [3.8, 4) is 0 Å². The fraction of sp³-hybridized carbons (Fsp3) is 0.278. The number of amides is 1. The highest BCUT2D eigenvalue weighted by molar-refractivity contribution is 5.94. The molecule has 1 aliphatic heterocycles. The van der Waals surface area contributed by atoms with Crippen molar-refractivity contribution < 1.29 is 4.79 Å². The molecule has 3 heterocycles. The van der Waals surface area contributed by atoms with E-state index in [2.05, 4.69) is 32.4 Å². The van der Waals surface area contributed by atoms with Gasteiger partial charge in [0.15, 0.2) is 0 Å². The van der Waals surface area contributed by atoms with Crippen LogP contribution in [-0.4, -0.2) is 42.3 Å². The predicted molar refractivity (Wildman–Crippen MR) is 90.7 cm³/mol. The van der Waals surface area contributed by atoms with Gasteiger partial charge in [0.05, 0.1) is 30.5 Å². The van der Waals surface area contributed by atoms with E-state index in [4.69, 9.17) is 0 Å². The Morgan fingerprint density at radius 3 is 2.76 bits per heavy atom. The van der Waals surface area contributed by atoms with Gasteiger partial charge in [0.1, 0.15) is 11.6 Å². The Morgan fingerprint density at radius 1 is 1.16 bits per heavy atom. The first-order valence-electron chi connectivity index (χ1n) is 8.25. The monoisotopic (exact) mass is 334 g/mol. The number of aromatic nitrogens is 5. The summed E-state index contributed by atoms with van der Waals surface area (Å²) < 4.78 is 1.91. The van der Waals surface area contributed by atoms with Crippen LogP contribution in [0.5, 0.6) is 0 Å². The van der Waals surface area contributed by atoms with Crippen LogP contribution < -0.4 is 0 Å². The molecule has 0 fully saturated rings. The van der Waals surface area contributed by atoms with Gasteiger partial charge in [-0.25, -0.2) is 9.67 Å². The van der Waals surface area contributed by atoms with Crippen LogP contribution in [0.2, 0.25) is 0 Å². The molecule has 7 heteroatoms. The van der Waals surface area contributed by atoms with Crippen molar-refractivity contribution in [3.05, 3.63) is 71.6 Å². The molecule has 0 N–H and O–H groups in total. The van der Waals surface area contributed by atoms with E-state index in [9.17, 15) is 4.79 Å². The summed E-state index contributed by atoms with van der Waals surface area (Å²) in [6.45, 7) is 3.12. The maximum Gasteiger partial charge on any atom is 0.256 e. The first-order chi connectivity index (χ1) is 12.2. The number of fused-ring (bicyclic) bond motifs is 1. The highest BCUT2D eigenvalue weighted by atomic mass is 16.2. The second-order valence-electron chi connectivity index (χ2n) is 6.08. The van der Waals surface area contributed by atoms with Crippen LogP contribution in [-0.2, 0) is 13.0 Å². The lowest BCUT2D eigenvalue weighted by atomic mass is 10.0. The highest BCUT2D eigenvalue weighted by Gasteiger charge is 2.34. The number of carbonyl (C=O) groups excluding carboxylic acids is 1. The number of benzene rings is 1. The summed E-state index contributed by atoms with van der Waals surface area (Å²) in [5.74, 6) is 1.51. The zero-order valence-corrected chi connectivity index (χ0v) is 13.9. The molecule has 1 atom stereocenters. The van der Waals surface area contributed by atoms with Crippen LogP contribution in [0.15, 0.2) is 48.8 Å². The van der Waals surface area contributed by atoms with Gasteiger partial charge in [-0.15, -0.1) is 0 Å². The second kappa shape index (κ2) is 6.43. The molecule has 0 bridgehead atoms. The summed E-state index contributed by atoms with van der Waals surface area (Å²) in [6.07, 6.45) is 3.74. The van der Waals surface area contributed by atoms with Crippen molar-refractivity contribution in [2.45, 2.75) is 25.9 Å². The first kappa shape index (κ1) is 15.4. The van der Waals surface area contributed by atoms with E-state index in [0.717, 1.165) is 17.2 Å². The Morgan fingerprint density at radius 2 is 2.00 bits per heavy atom. The number of nitrogens with zero attached hydrogens (tertiary/aromatic N) is 6. The van der Waals surface area contributed by atoms with Gasteiger partial charge in [-0.3, -0.25) is 4.79 Å². The third-order valence-electron chi connectivity index (χ3n) is 4.40. The minimum atomic E-state index is -0.155. The van der Waals surface area contributed by atoms with Crippen molar-refractivity contribution in [2.75, 3.05) is 6.54 Å². The molecule has 7 nitrogen and oxygen atoms in total. The van der Waals surface area contributed by atoms with Gasteiger partial charge in [-0.1, -0.05) is 30.3 Å². The fourth-order valence-electron chi connectivity index (χ4n) is 3.25. The van der Waals surface area contributed by atoms with Crippen molar-refractivity contribution in [1.29, 1.82) is 0 Å². The van der Waals surface area contributed by atoms with E-state index in [1.54, 1.807) is 6.07 Å². The number of rotatable bonds is 3. The minimum Gasteiger partial charge on any atom is -0.326 e. The maximum absolute atomic E-state index is 13.0. The summed E-state index contributed by atoms with van der Waals surface area (Å²) in [4.78, 5) is 19.5. The summed E-state index contributed by atoms with van der Waals surface area (Å²) in [5, 5.41) is 12.0. The molecule has 2 aromatic heterocycles. The maximum atomic E-state index is 13.0. The smallest absolute Gasteiger partial charge is 0.256 e. The molecule has 0 saturated carbocycles. The molecule has 0 radical (unpaired) electrons. The standard InChI is InChI=1S/C18H18N6O/c1-13-21-17-16(11-14-5-3-2-4-6-14)23(9-10-24(17)22-13)18(25)15-7-8-19-20-12-15/h2-8,12,16H,9-11H2,1H3/t16-/m0/s1. The molecule has 1 aromatic carbocycles. The van der Waals surface area contributed by atoms with E-state index in [1.165, 1.54) is 12.4 Å². The average Bonchev–Trinajstić information content (AvgIpc) is 3.04. The quantitative estimate of drug-likeness (QED) is 0.730. The van der Waals surface area contributed by atoms with Crippen LogP contribution in [0, 0.1) is 6.92 Å². The topological polar surface area (TPSA) is 76.8 Å². The molecule has 0 saturated heterocycles. The molecule has 25 heavy (non-hydrogen) atoms. The van der Waals surface area contributed by atoms with Crippen molar-refractivity contribution >= 4 is 5.91 Å². The molecule has 0 aliphatic carbocycles. The van der Waals surface area contributed by atoms with E-state index >= 15 is 0 Å². The summed E-state index contributed by atoms with van der Waals surface area (Å²) in [5.41, 5.74) is 1.70. The minimum absolute atomic E-state index is 0.0530. The van der Waals surface area contributed by atoms with E-state index < -0.39 is 0 Å². The Bertz CT molecular complexity index is 877. The number of aryl methyl sites for hydroxylation is 1.